The second kappa shape index (κ2) is 21.4. The van der Waals surface area contributed by atoms with Gasteiger partial charge in [0.05, 0.1) is 49.8 Å². The molecule has 20 nitrogen and oxygen atoms in total. The van der Waals surface area contributed by atoms with E-state index >= 15 is 0 Å². The Morgan fingerprint density at radius 1 is 0.620 bits per heavy atom. The fourth-order valence-electron chi connectivity index (χ4n) is 14.9. The Kier molecular flexibility index (Phi) is 16.5. The lowest BCUT2D eigenvalue weighted by Crippen LogP contribution is -2.66. The molecule has 8 fully saturated rings. The number of fused-ring (bicyclic) bond motifs is 7. The Balaban J connectivity index is 0.840. The standard InChI is InChI=1S/C51H84O20/c1-20(19-63-46-40(59)37(56)34(53)22(3)64-46)8-11-30-21(2)33-31(68-30)17-29-27-10-9-25-16-26(12-14-50(25,6)28(27)13-15-51(29,33)7)67-49-45(71-48-42(61)39(58)36(55)24(5)66-48)43(62)44(32(18-52)69-49)70-47-41(60)38(57)35(54)23(4)65-47/h9,20-24,26-49,52-62H,8,10-19H2,1-7H3/t20-,21-,22+,23+,24+,26+,27-,28+,29+,30-,31+,32-,33+,34+,35+,36+,37-,38-,39-,40-,41-,42-,43+,44-,45-,46-,47+,48+,49-,50+,51+/m1/s1. The summed E-state index contributed by atoms with van der Waals surface area (Å²) in [5.41, 5.74) is 1.40. The molecule has 71 heavy (non-hydrogen) atoms. The lowest BCUT2D eigenvalue weighted by molar-refractivity contribution is -0.388. The van der Waals surface area contributed by atoms with E-state index in [-0.39, 0.29) is 29.0 Å². The van der Waals surface area contributed by atoms with Gasteiger partial charge in [-0.3, -0.25) is 0 Å². The summed E-state index contributed by atoms with van der Waals surface area (Å²) in [6.45, 7) is 13.7. The van der Waals surface area contributed by atoms with Gasteiger partial charge in [0, 0.05) is 0 Å². The molecule has 0 bridgehead atoms. The highest BCUT2D eigenvalue weighted by Crippen LogP contribution is 2.69. The van der Waals surface area contributed by atoms with Crippen LogP contribution in [0.4, 0.5) is 0 Å². The molecule has 0 aromatic carbocycles. The first-order valence-electron chi connectivity index (χ1n) is 26.5. The van der Waals surface area contributed by atoms with Crippen LogP contribution in [-0.2, 0) is 42.6 Å². The number of hydrogen-bond acceptors (Lipinski definition) is 20. The van der Waals surface area contributed by atoms with E-state index in [0.717, 1.165) is 44.9 Å². The predicted molar refractivity (Wildman–Crippen MR) is 246 cm³/mol. The van der Waals surface area contributed by atoms with E-state index < -0.39 is 136 Å². The molecule has 3 saturated carbocycles. The minimum absolute atomic E-state index is 0.0671. The molecule has 20 heteroatoms. The topological polar surface area (TPSA) is 306 Å². The number of ether oxygens (including phenoxy) is 9. The van der Waals surface area contributed by atoms with Crippen molar-refractivity contribution in [2.45, 2.75) is 247 Å². The van der Waals surface area contributed by atoms with Crippen LogP contribution in [0.2, 0.25) is 0 Å². The van der Waals surface area contributed by atoms with Gasteiger partial charge in [0.2, 0.25) is 0 Å². The SMILES string of the molecule is C[C@H](CC[C@H]1O[C@H]2C[C@H]3[C@@H]4CC=C5C[C@@H](O[C@@H]6O[C@H](CO)[C@@H](O[C@@H]7O[C@@H](C)[C@H](O)[C@@H](O)[C@H]7O)[C@H](O)[C@H]6O[C@@H]6O[C@@H](C)[C@H](O)[C@@H](O)[C@H]6O)CC[C@]5(C)[C@H]4CC[C@]3(C)[C@H]2[C@@H]1C)CO[C@@H]1O[C@@H](C)[C@H](O)[C@@H](O)[C@H]1O. The van der Waals surface area contributed by atoms with Crippen molar-refractivity contribution in [3.05, 3.63) is 11.6 Å². The first kappa shape index (κ1) is 54.7. The van der Waals surface area contributed by atoms with Gasteiger partial charge < -0.3 is 98.8 Å². The van der Waals surface area contributed by atoms with E-state index in [1.54, 1.807) is 6.92 Å². The lowest BCUT2D eigenvalue weighted by Gasteiger charge is -2.58. The van der Waals surface area contributed by atoms with Crippen molar-refractivity contribution >= 4 is 0 Å². The van der Waals surface area contributed by atoms with E-state index in [1.807, 2.05) is 0 Å². The van der Waals surface area contributed by atoms with Crippen LogP contribution < -0.4 is 0 Å². The third kappa shape index (κ3) is 9.98. The number of aliphatic hydroxyl groups excluding tert-OH is 11. The summed E-state index contributed by atoms with van der Waals surface area (Å²) >= 11 is 0. The molecule has 9 rings (SSSR count). The highest BCUT2D eigenvalue weighted by atomic mass is 16.8. The van der Waals surface area contributed by atoms with Gasteiger partial charge in [0.1, 0.15) is 79.4 Å². The van der Waals surface area contributed by atoms with Crippen molar-refractivity contribution in [2.24, 2.45) is 46.3 Å². The van der Waals surface area contributed by atoms with Crippen LogP contribution >= 0.6 is 0 Å². The maximum absolute atomic E-state index is 12.0. The molecule has 0 radical (unpaired) electrons. The number of rotatable bonds is 13. The summed E-state index contributed by atoms with van der Waals surface area (Å²) in [6.07, 6.45) is -16.8. The molecule has 5 aliphatic heterocycles. The second-order valence-electron chi connectivity index (χ2n) is 23.6. The smallest absolute Gasteiger partial charge is 0.187 e. The summed E-state index contributed by atoms with van der Waals surface area (Å²) in [5, 5.41) is 117. The Morgan fingerprint density at radius 3 is 1.80 bits per heavy atom. The van der Waals surface area contributed by atoms with Gasteiger partial charge >= 0.3 is 0 Å². The average Bonchev–Trinajstić information content (AvgIpc) is 3.83. The Labute approximate surface area is 416 Å². The molecule has 5 heterocycles. The van der Waals surface area contributed by atoms with Gasteiger partial charge in [0.25, 0.3) is 0 Å². The average molecular weight is 1020 g/mol. The molecule has 9 aliphatic rings. The molecule has 11 N–H and O–H groups in total. The molecule has 0 spiro atoms. The van der Waals surface area contributed by atoms with Crippen LogP contribution in [0.25, 0.3) is 0 Å². The zero-order chi connectivity index (χ0) is 51.2. The van der Waals surface area contributed by atoms with E-state index in [9.17, 15) is 56.2 Å². The van der Waals surface area contributed by atoms with Crippen LogP contribution in [0.3, 0.4) is 0 Å². The van der Waals surface area contributed by atoms with E-state index in [2.05, 4.69) is 33.8 Å². The third-order valence-electron chi connectivity index (χ3n) is 19.3. The van der Waals surface area contributed by atoms with Crippen LogP contribution in [0.5, 0.6) is 0 Å². The fraction of sp³-hybridized carbons (Fsp3) is 0.961. The molecule has 5 saturated heterocycles. The summed E-state index contributed by atoms with van der Waals surface area (Å²) < 4.78 is 55.2. The molecule has 4 aliphatic carbocycles. The quantitative estimate of drug-likeness (QED) is 0.106. The maximum Gasteiger partial charge on any atom is 0.187 e. The van der Waals surface area contributed by atoms with Gasteiger partial charge in [-0.1, -0.05) is 39.3 Å². The highest BCUT2D eigenvalue weighted by Gasteiger charge is 2.65. The van der Waals surface area contributed by atoms with Crippen molar-refractivity contribution in [1.29, 1.82) is 0 Å². The lowest BCUT2D eigenvalue weighted by atomic mass is 9.47. The predicted octanol–water partition coefficient (Wildman–Crippen LogP) is -0.272. The zero-order valence-electron chi connectivity index (χ0n) is 42.2. The van der Waals surface area contributed by atoms with Gasteiger partial charge in [-0.15, -0.1) is 0 Å². The summed E-state index contributed by atoms with van der Waals surface area (Å²) in [6, 6.07) is 0. The molecule has 0 amide bonds. The fourth-order valence-corrected chi connectivity index (χ4v) is 14.9. The largest absolute Gasteiger partial charge is 0.394 e. The van der Waals surface area contributed by atoms with Crippen LogP contribution in [-0.4, -0.2) is 211 Å². The van der Waals surface area contributed by atoms with Gasteiger partial charge in [-0.2, -0.15) is 0 Å². The van der Waals surface area contributed by atoms with Gasteiger partial charge in [-0.25, -0.2) is 0 Å². The van der Waals surface area contributed by atoms with Crippen LogP contribution in [0.1, 0.15) is 106 Å². The summed E-state index contributed by atoms with van der Waals surface area (Å²) in [4.78, 5) is 0. The van der Waals surface area contributed by atoms with Crippen LogP contribution in [0.15, 0.2) is 11.6 Å². The molecule has 0 aromatic heterocycles. The first-order chi connectivity index (χ1) is 33.6. The zero-order valence-corrected chi connectivity index (χ0v) is 42.2. The minimum Gasteiger partial charge on any atom is -0.394 e. The molecular weight excluding hydrogens is 933 g/mol. The Morgan fingerprint density at radius 2 is 1.20 bits per heavy atom. The first-order valence-corrected chi connectivity index (χ1v) is 26.5. The monoisotopic (exact) mass is 1020 g/mol. The van der Waals surface area contributed by atoms with Crippen molar-refractivity contribution in [2.75, 3.05) is 13.2 Å². The summed E-state index contributed by atoms with van der Waals surface area (Å²) in [7, 11) is 0. The van der Waals surface area contributed by atoms with Crippen molar-refractivity contribution < 1.29 is 98.8 Å². The minimum atomic E-state index is -1.73. The van der Waals surface area contributed by atoms with Gasteiger partial charge in [0.15, 0.2) is 25.2 Å². The molecule has 408 valence electrons. The van der Waals surface area contributed by atoms with Crippen LogP contribution in [0, 0.1) is 46.3 Å². The maximum atomic E-state index is 12.0. The van der Waals surface area contributed by atoms with E-state index in [1.165, 1.54) is 19.4 Å². The van der Waals surface area contributed by atoms with E-state index in [4.69, 9.17) is 42.6 Å². The number of allylic oxidation sites excluding steroid dienone is 1. The van der Waals surface area contributed by atoms with E-state index in [0.29, 0.717) is 49.0 Å². The van der Waals surface area contributed by atoms with Crippen molar-refractivity contribution in [3.63, 3.8) is 0 Å². The highest BCUT2D eigenvalue weighted by molar-refractivity contribution is 5.26. The summed E-state index contributed by atoms with van der Waals surface area (Å²) in [5.74, 6) is 2.52. The third-order valence-corrected chi connectivity index (χ3v) is 19.3. The molecule has 0 unspecified atom stereocenters. The Hall–Kier alpha value is -1.06. The van der Waals surface area contributed by atoms with Gasteiger partial charge in [-0.05, 0) is 125 Å². The van der Waals surface area contributed by atoms with Crippen molar-refractivity contribution in [1.82, 2.24) is 0 Å². The molecule has 31 atom stereocenters. The Bertz CT molecular complexity index is 1830. The van der Waals surface area contributed by atoms with Crippen molar-refractivity contribution in [3.8, 4) is 0 Å². The number of hydrogen-bond donors (Lipinski definition) is 11. The molecular formula is C51H84O20. The second-order valence-corrected chi connectivity index (χ2v) is 23.6. The normalized spacial score (nSPS) is 55.7. The number of aliphatic hydroxyl groups is 11. The molecule has 0 aromatic rings.